The van der Waals surface area contributed by atoms with Gasteiger partial charge in [-0.15, -0.1) is 0 Å². The zero-order chi connectivity index (χ0) is 20.4. The van der Waals surface area contributed by atoms with E-state index in [1.165, 1.54) is 12.0 Å². The van der Waals surface area contributed by atoms with Crippen molar-refractivity contribution in [2.75, 3.05) is 18.6 Å². The fraction of sp³-hybridized carbons (Fsp3) is 0.222. The van der Waals surface area contributed by atoms with Crippen molar-refractivity contribution in [1.82, 2.24) is 15.1 Å². The molecular formula is C18H19N5O4S. The molecule has 0 aliphatic carbocycles. The van der Waals surface area contributed by atoms with Gasteiger partial charge in [0.1, 0.15) is 5.70 Å². The second-order valence-electron chi connectivity index (χ2n) is 6.07. The zero-order valence-electron chi connectivity index (χ0n) is 15.6. The van der Waals surface area contributed by atoms with Gasteiger partial charge in [-0.05, 0) is 42.9 Å². The lowest BCUT2D eigenvalue weighted by Crippen LogP contribution is -2.30. The number of carbonyl (C=O) groups excluding carboxylic acids is 2. The van der Waals surface area contributed by atoms with Gasteiger partial charge >= 0.3 is 0 Å². The van der Waals surface area contributed by atoms with E-state index < -0.39 is 5.91 Å². The highest BCUT2D eigenvalue weighted by molar-refractivity contribution is 7.80. The Labute approximate surface area is 166 Å². The third-order valence-corrected chi connectivity index (χ3v) is 4.26. The Bertz CT molecular complexity index is 998. The third-order valence-electron chi connectivity index (χ3n) is 3.98. The van der Waals surface area contributed by atoms with Crippen LogP contribution < -0.4 is 25.4 Å². The summed E-state index contributed by atoms with van der Waals surface area (Å²) < 4.78 is 12.2. The van der Waals surface area contributed by atoms with Gasteiger partial charge in [-0.1, -0.05) is 6.07 Å². The highest BCUT2D eigenvalue weighted by atomic mass is 32.1. The smallest absolute Gasteiger partial charge is 0.281 e. The minimum Gasteiger partial charge on any atom is -0.493 e. The van der Waals surface area contributed by atoms with Gasteiger partial charge in [0.25, 0.3) is 11.8 Å². The van der Waals surface area contributed by atoms with Crippen molar-refractivity contribution in [3.8, 4) is 11.5 Å². The van der Waals surface area contributed by atoms with Crippen LogP contribution in [0.15, 0.2) is 30.1 Å². The number of thiocarbonyl (C=S) groups is 1. The molecule has 28 heavy (non-hydrogen) atoms. The lowest BCUT2D eigenvalue weighted by Gasteiger charge is -2.12. The number of primary amides is 1. The molecule has 1 saturated heterocycles. The second kappa shape index (κ2) is 7.69. The Balaban J connectivity index is 1.87. The van der Waals surface area contributed by atoms with Gasteiger partial charge in [0.15, 0.2) is 23.2 Å². The maximum absolute atomic E-state index is 12.8. The van der Waals surface area contributed by atoms with Gasteiger partial charge in [0.2, 0.25) is 0 Å². The van der Waals surface area contributed by atoms with Crippen molar-refractivity contribution in [1.29, 1.82) is 0 Å². The van der Waals surface area contributed by atoms with E-state index in [4.69, 9.17) is 27.4 Å². The number of benzene rings is 1. The monoisotopic (exact) mass is 401 g/mol. The average molecular weight is 401 g/mol. The van der Waals surface area contributed by atoms with Gasteiger partial charge in [-0.2, -0.15) is 5.10 Å². The molecule has 1 aliphatic heterocycles. The van der Waals surface area contributed by atoms with Crippen molar-refractivity contribution in [3.63, 3.8) is 0 Å². The molecule has 146 valence electrons. The summed E-state index contributed by atoms with van der Waals surface area (Å²) in [6.07, 6.45) is 3.39. The maximum Gasteiger partial charge on any atom is 0.281 e. The number of aromatic nitrogens is 2. The Morgan fingerprint density at radius 1 is 1.39 bits per heavy atom. The molecule has 0 bridgehead atoms. The lowest BCUT2D eigenvalue weighted by atomic mass is 10.1. The standard InChI is InChI=1S/C18H19N5O4S/c1-10-13(8-22(2)21-10)23-17(25)12(20-18(23)28)6-11-4-5-14(15(7-11)26-3)27-9-16(19)24/h4-8H,9H2,1-3H3,(H2,19,24)(H,20,28)/b12-6+. The van der Waals surface area contributed by atoms with Crippen LogP contribution in [0.25, 0.3) is 6.08 Å². The normalized spacial score (nSPS) is 15.1. The fourth-order valence-electron chi connectivity index (χ4n) is 2.77. The van der Waals surface area contributed by atoms with Crippen molar-refractivity contribution < 1.29 is 19.1 Å². The molecule has 10 heteroatoms. The molecule has 0 radical (unpaired) electrons. The van der Waals surface area contributed by atoms with Crippen LogP contribution in [0, 0.1) is 6.92 Å². The molecule has 3 N–H and O–H groups in total. The summed E-state index contributed by atoms with van der Waals surface area (Å²) in [4.78, 5) is 25.1. The summed E-state index contributed by atoms with van der Waals surface area (Å²) in [7, 11) is 3.25. The predicted octanol–water partition coefficient (Wildman–Crippen LogP) is 0.863. The van der Waals surface area contributed by atoms with Gasteiger partial charge in [-0.3, -0.25) is 14.3 Å². The molecule has 0 spiro atoms. The number of methoxy groups -OCH3 is 1. The molecule has 2 aromatic rings. The first-order valence-corrected chi connectivity index (χ1v) is 8.67. The minimum absolute atomic E-state index is 0.259. The molecule has 0 atom stereocenters. The number of ether oxygens (including phenoxy) is 2. The summed E-state index contributed by atoms with van der Waals surface area (Å²) in [6, 6.07) is 5.04. The van der Waals surface area contributed by atoms with Crippen LogP contribution in [-0.4, -0.2) is 40.4 Å². The van der Waals surface area contributed by atoms with Crippen LogP contribution in [0.4, 0.5) is 5.69 Å². The van der Waals surface area contributed by atoms with Crippen LogP contribution in [0.5, 0.6) is 11.5 Å². The largest absolute Gasteiger partial charge is 0.493 e. The van der Waals surface area contributed by atoms with Gasteiger partial charge in [-0.25, -0.2) is 4.90 Å². The van der Waals surface area contributed by atoms with Crippen LogP contribution in [0.1, 0.15) is 11.3 Å². The number of aryl methyl sites for hydroxylation is 2. The number of nitrogens with zero attached hydrogens (tertiary/aromatic N) is 3. The molecule has 3 rings (SSSR count). The van der Waals surface area contributed by atoms with Crippen molar-refractivity contribution >= 4 is 40.9 Å². The molecule has 1 aromatic carbocycles. The number of anilines is 1. The van der Waals surface area contributed by atoms with Crippen LogP contribution in [-0.2, 0) is 16.6 Å². The first-order chi connectivity index (χ1) is 13.3. The Kier molecular flexibility index (Phi) is 5.32. The fourth-order valence-corrected chi connectivity index (χ4v) is 3.06. The van der Waals surface area contributed by atoms with Crippen LogP contribution >= 0.6 is 12.2 Å². The molecular weight excluding hydrogens is 382 g/mol. The topological polar surface area (TPSA) is 112 Å². The Morgan fingerprint density at radius 2 is 2.14 bits per heavy atom. The van der Waals surface area contributed by atoms with Crippen LogP contribution in [0.2, 0.25) is 0 Å². The number of carbonyl (C=O) groups is 2. The van der Waals surface area contributed by atoms with E-state index in [9.17, 15) is 9.59 Å². The van der Waals surface area contributed by atoms with Crippen molar-refractivity contribution in [3.05, 3.63) is 41.4 Å². The molecule has 0 unspecified atom stereocenters. The van der Waals surface area contributed by atoms with Gasteiger partial charge < -0.3 is 20.5 Å². The molecule has 1 aliphatic rings. The van der Waals surface area contributed by atoms with E-state index in [1.54, 1.807) is 42.2 Å². The molecule has 1 fully saturated rings. The summed E-state index contributed by atoms with van der Waals surface area (Å²) in [5, 5.41) is 7.45. The molecule has 1 aromatic heterocycles. The highest BCUT2D eigenvalue weighted by Crippen LogP contribution is 2.30. The number of hydrogen-bond donors (Lipinski definition) is 2. The SMILES string of the molecule is COc1cc(/C=C2/NC(=S)N(c3cn(C)nc3C)C2=O)ccc1OCC(N)=O. The van der Waals surface area contributed by atoms with E-state index in [1.807, 2.05) is 6.92 Å². The zero-order valence-corrected chi connectivity index (χ0v) is 16.4. The molecule has 2 heterocycles. The molecule has 2 amide bonds. The van der Waals surface area contributed by atoms with Gasteiger partial charge in [0.05, 0.1) is 18.5 Å². The average Bonchev–Trinajstić information content (AvgIpc) is 3.10. The van der Waals surface area contributed by atoms with Crippen LogP contribution in [0.3, 0.4) is 0 Å². The van der Waals surface area contributed by atoms with Crippen molar-refractivity contribution in [2.45, 2.75) is 6.92 Å². The number of hydrogen-bond acceptors (Lipinski definition) is 6. The lowest BCUT2D eigenvalue weighted by molar-refractivity contribution is -0.120. The quantitative estimate of drug-likeness (QED) is 0.545. The number of amides is 2. The number of nitrogens with one attached hydrogen (secondary N) is 1. The summed E-state index contributed by atoms with van der Waals surface area (Å²) in [5.74, 6) is -0.0942. The van der Waals surface area contributed by atoms with Gasteiger partial charge in [0, 0.05) is 13.2 Å². The van der Waals surface area contributed by atoms with E-state index in [0.717, 1.165) is 0 Å². The second-order valence-corrected chi connectivity index (χ2v) is 6.45. The predicted molar refractivity (Wildman–Crippen MR) is 107 cm³/mol. The van der Waals surface area contributed by atoms with E-state index in [-0.39, 0.29) is 17.6 Å². The summed E-state index contributed by atoms with van der Waals surface area (Å²) >= 11 is 5.32. The number of rotatable bonds is 6. The first kappa shape index (κ1) is 19.4. The summed E-state index contributed by atoms with van der Waals surface area (Å²) in [6.45, 7) is 1.55. The third kappa shape index (κ3) is 3.81. The molecule has 9 nitrogen and oxygen atoms in total. The maximum atomic E-state index is 12.8. The summed E-state index contributed by atoms with van der Waals surface area (Å²) in [5.41, 5.74) is 7.42. The number of nitrogens with two attached hydrogens (primary N) is 1. The van der Waals surface area contributed by atoms with E-state index >= 15 is 0 Å². The first-order valence-electron chi connectivity index (χ1n) is 8.26. The van der Waals surface area contributed by atoms with E-state index in [0.29, 0.717) is 34.1 Å². The Morgan fingerprint density at radius 3 is 2.75 bits per heavy atom. The molecule has 0 saturated carbocycles. The van der Waals surface area contributed by atoms with Crippen molar-refractivity contribution in [2.24, 2.45) is 12.8 Å². The highest BCUT2D eigenvalue weighted by Gasteiger charge is 2.33. The van der Waals surface area contributed by atoms with E-state index in [2.05, 4.69) is 10.4 Å². The Hall–Kier alpha value is -3.40. The minimum atomic E-state index is -0.590.